The van der Waals surface area contributed by atoms with Crippen molar-refractivity contribution in [2.45, 2.75) is 80.0 Å². The maximum Gasteiger partial charge on any atom is 0.149 e. The fourth-order valence-electron chi connectivity index (χ4n) is 9.04. The predicted octanol–water partition coefficient (Wildman–Crippen LogP) is 16.3. The van der Waals surface area contributed by atoms with Crippen molar-refractivity contribution in [1.29, 1.82) is 0 Å². The Labute approximate surface area is 389 Å². The summed E-state index contributed by atoms with van der Waals surface area (Å²) in [6, 6.07) is 52.6. The summed E-state index contributed by atoms with van der Waals surface area (Å²) < 4.78 is 35.4. The van der Waals surface area contributed by atoms with Crippen molar-refractivity contribution in [1.82, 2.24) is 14.5 Å². The van der Waals surface area contributed by atoms with Gasteiger partial charge in [0.25, 0.3) is 0 Å². The van der Waals surface area contributed by atoms with Crippen molar-refractivity contribution in [2.24, 2.45) is 0 Å². The van der Waals surface area contributed by atoms with E-state index in [0.717, 1.165) is 77.9 Å². The smallest absolute Gasteiger partial charge is 0.149 e. The zero-order valence-electron chi connectivity index (χ0n) is 42.3. The normalized spacial score (nSPS) is 12.8. The molecule has 9 aromatic rings. The lowest BCUT2D eigenvalue weighted by Crippen LogP contribution is -2.11. The molecule has 0 atom stereocenters. The van der Waals surface area contributed by atoms with Gasteiger partial charge in [-0.25, -0.2) is 4.98 Å². The van der Waals surface area contributed by atoms with Crippen LogP contribution in [0.2, 0.25) is 0 Å². The number of nitrogens with zero attached hydrogens (tertiary/aromatic N) is 3. The lowest BCUT2D eigenvalue weighted by atomic mass is 9.83. The number of para-hydroxylation sites is 1. The minimum Gasteiger partial charge on any atom is -0.496 e. The van der Waals surface area contributed by atoms with Gasteiger partial charge in [-0.05, 0) is 148 Å². The summed E-state index contributed by atoms with van der Waals surface area (Å²) in [5.41, 5.74) is 18.2. The van der Waals surface area contributed by atoms with E-state index in [2.05, 4.69) is 182 Å². The minimum absolute atomic E-state index is 0.0600. The van der Waals surface area contributed by atoms with Gasteiger partial charge in [-0.1, -0.05) is 150 Å². The molecule has 2 heterocycles. The van der Waals surface area contributed by atoms with Crippen LogP contribution in [0.3, 0.4) is 0 Å². The molecule has 4 nitrogen and oxygen atoms in total. The maximum absolute atomic E-state index is 9.02. The van der Waals surface area contributed by atoms with Gasteiger partial charge in [0.05, 0.1) is 35.1 Å². The van der Waals surface area contributed by atoms with Gasteiger partial charge in [-0.15, -0.1) is 0 Å². The van der Waals surface area contributed by atoms with E-state index in [9.17, 15) is 0 Å². The van der Waals surface area contributed by atoms with Gasteiger partial charge >= 0.3 is 0 Å². The van der Waals surface area contributed by atoms with Crippen molar-refractivity contribution < 1.29 is 8.85 Å². The Balaban J connectivity index is 1.37. The van der Waals surface area contributed by atoms with Crippen molar-refractivity contribution in [3.05, 3.63) is 191 Å². The SMILES string of the molecule is [2H]C([2H])([2H])c1cc(-n2c(-c3cc(C)cc(C)c3OC)nc3c(-c4cc(-c5cc(-c6ccc(C)cc6)ccn5)cc(C(C)(C)C)c4)cccc32)c(-c2ccc(C(C)(C)C)cc2)cc1-c1ccccc1. The molecule has 0 aliphatic heterocycles. The molecule has 0 saturated heterocycles. The summed E-state index contributed by atoms with van der Waals surface area (Å²) in [6.07, 6.45) is 1.89. The van der Waals surface area contributed by atoms with E-state index in [4.69, 9.17) is 18.8 Å². The molecule has 0 bridgehead atoms. The van der Waals surface area contributed by atoms with E-state index in [1.54, 1.807) is 7.11 Å². The fraction of sp³-hybridized carbons (Fsp3) is 0.213. The first-order chi connectivity index (χ1) is 32.3. The topological polar surface area (TPSA) is 39.9 Å². The Hall–Kier alpha value is -7.04. The number of imidazole rings is 1. The van der Waals surface area contributed by atoms with E-state index in [1.165, 1.54) is 16.7 Å². The standard InChI is InChI=1S/C61H59N3O/c1-38-20-22-42(23-21-38)45-28-29-62-54(36-45)47-33-46(34-49(35-47)61(8,9)10)50-18-15-19-55-57(50)63-59(53-31-39(2)30-41(4)58(53)65-11)64(55)56-32-40(3)51(43-16-13-12-14-17-43)37-52(56)44-24-26-48(27-25-44)60(5,6)7/h12-37H,1-11H3/i3D3. The van der Waals surface area contributed by atoms with Gasteiger partial charge in [0.15, 0.2) is 0 Å². The Morgan fingerprint density at radius 1 is 0.508 bits per heavy atom. The number of benzene rings is 7. The van der Waals surface area contributed by atoms with Crippen LogP contribution in [0.5, 0.6) is 5.75 Å². The van der Waals surface area contributed by atoms with Gasteiger partial charge in [0, 0.05) is 27.0 Å². The third kappa shape index (κ3) is 8.42. The Morgan fingerprint density at radius 2 is 1.20 bits per heavy atom. The van der Waals surface area contributed by atoms with E-state index in [0.29, 0.717) is 22.8 Å². The Morgan fingerprint density at radius 3 is 1.89 bits per heavy atom. The first-order valence-corrected chi connectivity index (χ1v) is 22.5. The third-order valence-corrected chi connectivity index (χ3v) is 12.6. The molecule has 0 aliphatic carbocycles. The van der Waals surface area contributed by atoms with Gasteiger partial charge < -0.3 is 4.74 Å². The number of aromatic nitrogens is 3. The molecular weight excluding hydrogens is 791 g/mol. The number of methoxy groups -OCH3 is 1. The summed E-state index contributed by atoms with van der Waals surface area (Å²) in [5, 5.41) is 0. The highest BCUT2D eigenvalue weighted by Crippen LogP contribution is 2.44. The number of pyridine rings is 1. The van der Waals surface area contributed by atoms with E-state index >= 15 is 0 Å². The monoisotopic (exact) mass is 852 g/mol. The molecule has 9 rings (SSSR count). The fourth-order valence-corrected chi connectivity index (χ4v) is 9.04. The zero-order chi connectivity index (χ0) is 48.3. The van der Waals surface area contributed by atoms with Crippen molar-refractivity contribution >= 4 is 11.0 Å². The molecule has 0 fully saturated rings. The highest BCUT2D eigenvalue weighted by atomic mass is 16.5. The second kappa shape index (κ2) is 16.8. The van der Waals surface area contributed by atoms with Crippen LogP contribution >= 0.6 is 0 Å². The van der Waals surface area contributed by atoms with Crippen molar-refractivity contribution in [3.63, 3.8) is 0 Å². The molecule has 0 amide bonds. The number of hydrogen-bond donors (Lipinski definition) is 0. The number of fused-ring (bicyclic) bond motifs is 1. The first-order valence-electron chi connectivity index (χ1n) is 24.0. The van der Waals surface area contributed by atoms with Gasteiger partial charge in [0.1, 0.15) is 11.6 Å². The lowest BCUT2D eigenvalue weighted by molar-refractivity contribution is 0.413. The van der Waals surface area contributed by atoms with Crippen molar-refractivity contribution in [3.8, 4) is 78.6 Å². The largest absolute Gasteiger partial charge is 0.496 e. The lowest BCUT2D eigenvalue weighted by Gasteiger charge is -2.22. The summed E-state index contributed by atoms with van der Waals surface area (Å²) >= 11 is 0. The number of hydrogen-bond acceptors (Lipinski definition) is 3. The van der Waals surface area contributed by atoms with Crippen LogP contribution in [-0.2, 0) is 10.8 Å². The van der Waals surface area contributed by atoms with E-state index in [-0.39, 0.29) is 16.4 Å². The molecule has 4 heteroatoms. The third-order valence-electron chi connectivity index (χ3n) is 12.6. The summed E-state index contributed by atoms with van der Waals surface area (Å²) in [6.45, 7) is 17.2. The average Bonchev–Trinajstić information content (AvgIpc) is 3.70. The molecule has 65 heavy (non-hydrogen) atoms. The molecular formula is C61H59N3O. The highest BCUT2D eigenvalue weighted by molar-refractivity contribution is 5.98. The second-order valence-electron chi connectivity index (χ2n) is 19.6. The van der Waals surface area contributed by atoms with Crippen LogP contribution in [0.25, 0.3) is 83.9 Å². The molecule has 0 saturated carbocycles. The van der Waals surface area contributed by atoms with Crippen LogP contribution in [0, 0.1) is 27.6 Å². The number of ether oxygens (including phenoxy) is 1. The quantitative estimate of drug-likeness (QED) is 0.153. The average molecular weight is 853 g/mol. The highest BCUT2D eigenvalue weighted by Gasteiger charge is 2.26. The van der Waals surface area contributed by atoms with E-state index in [1.807, 2.05) is 42.6 Å². The van der Waals surface area contributed by atoms with Gasteiger partial charge in [0.2, 0.25) is 0 Å². The number of rotatable bonds is 8. The summed E-state index contributed by atoms with van der Waals surface area (Å²) in [7, 11) is 1.70. The molecule has 7 aromatic carbocycles. The molecule has 0 spiro atoms. The summed E-state index contributed by atoms with van der Waals surface area (Å²) in [5.74, 6) is 1.35. The van der Waals surface area contributed by atoms with Crippen LogP contribution < -0.4 is 4.74 Å². The van der Waals surface area contributed by atoms with Crippen LogP contribution in [-0.4, -0.2) is 21.6 Å². The van der Waals surface area contributed by atoms with Crippen LogP contribution in [0.4, 0.5) is 0 Å². The molecule has 0 N–H and O–H groups in total. The summed E-state index contributed by atoms with van der Waals surface area (Å²) in [4.78, 5) is 10.6. The molecule has 0 unspecified atom stereocenters. The van der Waals surface area contributed by atoms with Gasteiger partial charge in [-0.3, -0.25) is 9.55 Å². The zero-order valence-corrected chi connectivity index (χ0v) is 39.3. The van der Waals surface area contributed by atoms with Crippen molar-refractivity contribution in [2.75, 3.05) is 7.11 Å². The molecule has 324 valence electrons. The number of aryl methyl sites for hydroxylation is 4. The predicted molar refractivity (Wildman–Crippen MR) is 274 cm³/mol. The second-order valence-corrected chi connectivity index (χ2v) is 19.6. The minimum atomic E-state index is -2.44. The molecule has 2 aromatic heterocycles. The Kier molecular flexibility index (Phi) is 10.2. The first kappa shape index (κ1) is 39.5. The van der Waals surface area contributed by atoms with E-state index < -0.39 is 6.85 Å². The van der Waals surface area contributed by atoms with Crippen LogP contribution in [0.15, 0.2) is 158 Å². The van der Waals surface area contributed by atoms with Gasteiger partial charge in [-0.2, -0.15) is 0 Å². The van der Waals surface area contributed by atoms with Crippen LogP contribution in [0.1, 0.15) is 79.0 Å². The molecule has 0 aliphatic rings. The Bertz CT molecular complexity index is 3330. The molecule has 0 radical (unpaired) electrons. The maximum atomic E-state index is 9.02.